The van der Waals surface area contributed by atoms with Crippen molar-refractivity contribution in [1.82, 2.24) is 14.5 Å². The summed E-state index contributed by atoms with van der Waals surface area (Å²) < 4.78 is 2.18. The zero-order valence-electron chi connectivity index (χ0n) is 17.3. The Bertz CT molecular complexity index is 1200. The molecule has 0 bridgehead atoms. The van der Waals surface area contributed by atoms with Gasteiger partial charge >= 0.3 is 0 Å². The molecule has 0 aliphatic carbocycles. The van der Waals surface area contributed by atoms with E-state index in [-0.39, 0.29) is 12.5 Å². The minimum Gasteiger partial charge on any atom is -0.396 e. The zero-order chi connectivity index (χ0) is 22.0. The van der Waals surface area contributed by atoms with Crippen LogP contribution in [0.25, 0.3) is 10.9 Å². The van der Waals surface area contributed by atoms with Crippen LogP contribution < -0.4 is 0 Å². The Morgan fingerprint density at radius 3 is 2.52 bits per heavy atom. The van der Waals surface area contributed by atoms with Gasteiger partial charge in [-0.15, -0.1) is 0 Å². The molecule has 0 saturated carbocycles. The molecule has 4 nitrogen and oxygen atoms in total. The van der Waals surface area contributed by atoms with Crippen molar-refractivity contribution in [3.8, 4) is 0 Å². The molecule has 2 aromatic heterocycles. The van der Waals surface area contributed by atoms with Crippen LogP contribution >= 0.6 is 35.0 Å². The number of aliphatic hydroxyl groups excluding tert-OH is 1. The fourth-order valence-electron chi connectivity index (χ4n) is 3.52. The summed E-state index contributed by atoms with van der Waals surface area (Å²) in [7, 11) is 0. The summed E-state index contributed by atoms with van der Waals surface area (Å²) in [6.45, 7) is 4.91. The summed E-state index contributed by atoms with van der Waals surface area (Å²) in [4.78, 5) is 10.5. The molecule has 0 atom stereocenters. The lowest BCUT2D eigenvalue weighted by atomic mass is 10.1. The second-order valence-electron chi connectivity index (χ2n) is 7.68. The molecule has 0 aliphatic rings. The van der Waals surface area contributed by atoms with Crippen LogP contribution in [-0.4, -0.2) is 26.2 Å². The van der Waals surface area contributed by atoms with Crippen LogP contribution in [0.15, 0.2) is 64.6 Å². The summed E-state index contributed by atoms with van der Waals surface area (Å²) in [6, 6.07) is 15.8. The van der Waals surface area contributed by atoms with Crippen molar-refractivity contribution >= 4 is 45.9 Å². The minimum absolute atomic E-state index is 0.0393. The molecule has 0 aliphatic heterocycles. The summed E-state index contributed by atoms with van der Waals surface area (Å²) in [5.74, 6) is 1.08. The van der Waals surface area contributed by atoms with Gasteiger partial charge in [-0.05, 0) is 41.8 Å². The van der Waals surface area contributed by atoms with Crippen LogP contribution in [0.2, 0.25) is 10.0 Å². The average molecular weight is 472 g/mol. The Labute approximate surface area is 196 Å². The molecule has 160 valence electrons. The number of halogens is 2. The van der Waals surface area contributed by atoms with Crippen molar-refractivity contribution in [2.75, 3.05) is 6.61 Å². The minimum atomic E-state index is 0.0393. The zero-order valence-corrected chi connectivity index (χ0v) is 19.7. The Balaban J connectivity index is 1.79. The first-order chi connectivity index (χ1) is 14.9. The number of rotatable bonds is 7. The van der Waals surface area contributed by atoms with E-state index >= 15 is 0 Å². The fraction of sp³-hybridized carbons (Fsp3) is 0.250. The van der Waals surface area contributed by atoms with Gasteiger partial charge in [0.25, 0.3) is 0 Å². The van der Waals surface area contributed by atoms with Gasteiger partial charge in [-0.3, -0.25) is 4.98 Å². The molecule has 0 fully saturated rings. The Morgan fingerprint density at radius 1 is 1.06 bits per heavy atom. The fourth-order valence-corrected chi connectivity index (χ4v) is 5.44. The quantitative estimate of drug-likeness (QED) is 0.330. The van der Waals surface area contributed by atoms with Crippen molar-refractivity contribution in [2.45, 2.75) is 42.7 Å². The van der Waals surface area contributed by atoms with E-state index in [2.05, 4.69) is 35.5 Å². The molecule has 0 amide bonds. The van der Waals surface area contributed by atoms with E-state index in [0.29, 0.717) is 23.0 Å². The van der Waals surface area contributed by atoms with E-state index in [1.807, 2.05) is 36.5 Å². The van der Waals surface area contributed by atoms with Gasteiger partial charge in [-0.25, -0.2) is 4.98 Å². The monoisotopic (exact) mass is 471 g/mol. The number of fused-ring (bicyclic) bond motifs is 1. The second-order valence-corrected chi connectivity index (χ2v) is 9.61. The number of hydrogen-bond acceptors (Lipinski definition) is 4. The maximum Gasteiger partial charge on any atom is 0.112 e. The van der Waals surface area contributed by atoms with Crippen LogP contribution in [-0.2, 0) is 13.0 Å². The number of benzene rings is 2. The van der Waals surface area contributed by atoms with Crippen LogP contribution in [0.1, 0.15) is 36.8 Å². The van der Waals surface area contributed by atoms with Crippen molar-refractivity contribution in [1.29, 1.82) is 0 Å². The summed E-state index contributed by atoms with van der Waals surface area (Å²) in [5, 5.41) is 13.0. The van der Waals surface area contributed by atoms with E-state index in [0.717, 1.165) is 37.9 Å². The highest BCUT2D eigenvalue weighted by molar-refractivity contribution is 7.99. The molecule has 7 heteroatoms. The lowest BCUT2D eigenvalue weighted by Crippen LogP contribution is -2.08. The first kappa shape index (κ1) is 22.2. The van der Waals surface area contributed by atoms with Crippen LogP contribution in [0.5, 0.6) is 0 Å². The normalized spacial score (nSPS) is 11.5. The predicted octanol–water partition coefficient (Wildman–Crippen LogP) is 6.60. The standard InChI is InChI=1S/C24H23Cl2N3OS/c1-15(2)23-24(31-20-11-18(25)10-19(26)12-20)29(22(28-23)7-8-30)14-16-9-17-5-3-4-6-21(17)27-13-16/h3-6,9-13,15,30H,7-8,14H2,1-2H3. The maximum atomic E-state index is 9.65. The highest BCUT2D eigenvalue weighted by Gasteiger charge is 2.21. The molecule has 0 saturated heterocycles. The Kier molecular flexibility index (Phi) is 6.87. The van der Waals surface area contributed by atoms with Gasteiger partial charge in [0.2, 0.25) is 0 Å². The molecular weight excluding hydrogens is 449 g/mol. The molecule has 4 aromatic rings. The van der Waals surface area contributed by atoms with Gasteiger partial charge in [-0.1, -0.05) is 67.0 Å². The molecule has 0 spiro atoms. The molecule has 31 heavy (non-hydrogen) atoms. The van der Waals surface area contributed by atoms with Gasteiger partial charge in [0.15, 0.2) is 0 Å². The highest BCUT2D eigenvalue weighted by Crippen LogP contribution is 2.37. The van der Waals surface area contributed by atoms with Crippen LogP contribution in [0, 0.1) is 0 Å². The van der Waals surface area contributed by atoms with Crippen molar-refractivity contribution in [3.63, 3.8) is 0 Å². The third-order valence-electron chi connectivity index (χ3n) is 4.95. The number of aromatic nitrogens is 3. The number of para-hydroxylation sites is 1. The van der Waals surface area contributed by atoms with E-state index < -0.39 is 0 Å². The lowest BCUT2D eigenvalue weighted by Gasteiger charge is -2.14. The molecule has 1 N–H and O–H groups in total. The van der Waals surface area contributed by atoms with E-state index in [1.54, 1.807) is 17.8 Å². The largest absolute Gasteiger partial charge is 0.396 e. The molecule has 2 aromatic carbocycles. The number of hydrogen-bond donors (Lipinski definition) is 1. The highest BCUT2D eigenvalue weighted by atomic mass is 35.5. The van der Waals surface area contributed by atoms with Gasteiger partial charge < -0.3 is 9.67 Å². The summed E-state index contributed by atoms with van der Waals surface area (Å²) in [5.41, 5.74) is 3.05. The van der Waals surface area contributed by atoms with Crippen molar-refractivity contribution < 1.29 is 5.11 Å². The SMILES string of the molecule is CC(C)c1nc(CCO)n(Cc2cnc3ccccc3c2)c1Sc1cc(Cl)cc(Cl)c1. The third kappa shape index (κ3) is 5.07. The first-order valence-corrected chi connectivity index (χ1v) is 11.7. The average Bonchev–Trinajstić information content (AvgIpc) is 3.05. The smallest absolute Gasteiger partial charge is 0.112 e. The van der Waals surface area contributed by atoms with Gasteiger partial charge in [0.05, 0.1) is 24.4 Å². The van der Waals surface area contributed by atoms with Crippen molar-refractivity contribution in [3.05, 3.63) is 81.9 Å². The maximum absolute atomic E-state index is 9.65. The topological polar surface area (TPSA) is 50.9 Å². The van der Waals surface area contributed by atoms with E-state index in [1.165, 1.54) is 0 Å². The number of pyridine rings is 1. The van der Waals surface area contributed by atoms with Crippen LogP contribution in [0.4, 0.5) is 0 Å². The number of nitrogens with zero attached hydrogens (tertiary/aromatic N) is 3. The van der Waals surface area contributed by atoms with Gasteiger partial charge in [0.1, 0.15) is 10.9 Å². The molecule has 0 unspecified atom stereocenters. The van der Waals surface area contributed by atoms with Gasteiger partial charge in [-0.2, -0.15) is 0 Å². The van der Waals surface area contributed by atoms with Gasteiger partial charge in [0, 0.05) is 32.9 Å². The summed E-state index contributed by atoms with van der Waals surface area (Å²) in [6.07, 6.45) is 2.39. The lowest BCUT2D eigenvalue weighted by molar-refractivity contribution is 0.294. The molecule has 4 rings (SSSR count). The Hall–Kier alpha value is -2.05. The second kappa shape index (κ2) is 9.61. The number of aliphatic hydroxyl groups is 1. The Morgan fingerprint density at radius 2 is 1.81 bits per heavy atom. The third-order valence-corrected chi connectivity index (χ3v) is 6.48. The molecular formula is C24H23Cl2N3OS. The van der Waals surface area contributed by atoms with E-state index in [4.69, 9.17) is 28.2 Å². The van der Waals surface area contributed by atoms with Crippen molar-refractivity contribution in [2.24, 2.45) is 0 Å². The first-order valence-electron chi connectivity index (χ1n) is 10.1. The predicted molar refractivity (Wildman–Crippen MR) is 129 cm³/mol. The number of imidazole rings is 1. The van der Waals surface area contributed by atoms with Crippen LogP contribution in [0.3, 0.4) is 0 Å². The summed E-state index contributed by atoms with van der Waals surface area (Å²) >= 11 is 14.1. The molecule has 2 heterocycles. The van der Waals surface area contributed by atoms with E-state index in [9.17, 15) is 5.11 Å². The molecule has 0 radical (unpaired) electrons.